The highest BCUT2D eigenvalue weighted by Gasteiger charge is 2.10. The molecule has 4 nitrogen and oxygen atoms in total. The summed E-state index contributed by atoms with van der Waals surface area (Å²) in [7, 11) is 0. The molecule has 1 heterocycles. The van der Waals surface area contributed by atoms with Crippen molar-refractivity contribution in [1.82, 2.24) is 5.16 Å². The molecule has 1 aromatic heterocycles. The molecule has 60 valence electrons. The molecule has 0 spiro atoms. The van der Waals surface area contributed by atoms with Crippen molar-refractivity contribution in [2.24, 2.45) is 0 Å². The number of aryl methyl sites for hydroxylation is 1. The Bertz CT molecular complexity index is 277. The second-order valence-corrected chi connectivity index (χ2v) is 2.38. The lowest BCUT2D eigenvalue weighted by Gasteiger charge is -1.89. The largest absolute Gasteiger partial charge is 0.481 e. The number of aliphatic carboxylic acids is 1. The summed E-state index contributed by atoms with van der Waals surface area (Å²) in [6, 6.07) is 0. The van der Waals surface area contributed by atoms with Crippen LogP contribution < -0.4 is 0 Å². The summed E-state index contributed by atoms with van der Waals surface area (Å²) in [6.45, 7) is 3.55. The van der Waals surface area contributed by atoms with Crippen LogP contribution in [-0.2, 0) is 11.2 Å². The molecule has 0 bridgehead atoms. The summed E-state index contributed by atoms with van der Waals surface area (Å²) in [4.78, 5) is 10.2. The minimum absolute atomic E-state index is 0.0663. The van der Waals surface area contributed by atoms with Crippen LogP contribution in [0.25, 0.3) is 0 Å². The first-order valence-corrected chi connectivity index (χ1v) is 3.25. The van der Waals surface area contributed by atoms with E-state index in [1.165, 1.54) is 0 Å². The molecular weight excluding hydrogens is 146 g/mol. The van der Waals surface area contributed by atoms with Gasteiger partial charge in [0.1, 0.15) is 5.76 Å². The van der Waals surface area contributed by atoms with E-state index >= 15 is 0 Å². The Morgan fingerprint density at radius 2 is 2.27 bits per heavy atom. The fourth-order valence-corrected chi connectivity index (χ4v) is 0.772. The number of rotatable bonds is 2. The molecule has 0 atom stereocenters. The fraction of sp³-hybridized carbons (Fsp3) is 0.429. The van der Waals surface area contributed by atoms with Crippen LogP contribution in [0.1, 0.15) is 17.0 Å². The molecule has 1 aromatic rings. The van der Waals surface area contributed by atoms with Crippen LogP contribution in [0, 0.1) is 13.8 Å². The summed E-state index contributed by atoms with van der Waals surface area (Å²) < 4.78 is 4.78. The summed E-state index contributed by atoms with van der Waals surface area (Å²) in [5.74, 6) is -0.206. The van der Waals surface area contributed by atoms with Gasteiger partial charge in [-0.05, 0) is 13.8 Å². The summed E-state index contributed by atoms with van der Waals surface area (Å²) in [5, 5.41) is 12.0. The summed E-state index contributed by atoms with van der Waals surface area (Å²) in [6.07, 6.45) is -0.0663. The van der Waals surface area contributed by atoms with E-state index in [1.807, 2.05) is 0 Å². The first kappa shape index (κ1) is 7.78. The number of nitrogens with zero attached hydrogens (tertiary/aromatic N) is 1. The Labute approximate surface area is 63.8 Å². The third kappa shape index (κ3) is 1.58. The first-order chi connectivity index (χ1) is 5.11. The van der Waals surface area contributed by atoms with Crippen LogP contribution in [0.15, 0.2) is 4.52 Å². The molecule has 0 saturated heterocycles. The van der Waals surface area contributed by atoms with Gasteiger partial charge in [-0.15, -0.1) is 0 Å². The minimum atomic E-state index is -0.888. The van der Waals surface area contributed by atoms with Crippen molar-refractivity contribution >= 4 is 5.97 Å². The molecule has 0 aliphatic heterocycles. The van der Waals surface area contributed by atoms with E-state index in [2.05, 4.69) is 5.16 Å². The van der Waals surface area contributed by atoms with Gasteiger partial charge in [0.2, 0.25) is 0 Å². The van der Waals surface area contributed by atoms with Gasteiger partial charge in [-0.25, -0.2) is 0 Å². The van der Waals surface area contributed by atoms with Crippen molar-refractivity contribution in [3.63, 3.8) is 0 Å². The zero-order valence-electron chi connectivity index (χ0n) is 6.42. The van der Waals surface area contributed by atoms with Crippen molar-refractivity contribution in [3.05, 3.63) is 17.0 Å². The van der Waals surface area contributed by atoms with Crippen molar-refractivity contribution in [2.75, 3.05) is 0 Å². The topological polar surface area (TPSA) is 63.3 Å². The summed E-state index contributed by atoms with van der Waals surface area (Å²) >= 11 is 0. The SMILES string of the molecule is Cc1onc(CC(=O)O)c1C. The Morgan fingerprint density at radius 3 is 2.64 bits per heavy atom. The van der Waals surface area contributed by atoms with Crippen LogP contribution in [0.2, 0.25) is 0 Å². The zero-order chi connectivity index (χ0) is 8.43. The third-order valence-corrected chi connectivity index (χ3v) is 1.57. The highest BCUT2D eigenvalue weighted by atomic mass is 16.5. The summed E-state index contributed by atoms with van der Waals surface area (Å²) in [5.41, 5.74) is 1.34. The highest BCUT2D eigenvalue weighted by Crippen LogP contribution is 2.11. The van der Waals surface area contributed by atoms with E-state index in [9.17, 15) is 4.79 Å². The Hall–Kier alpha value is -1.32. The molecule has 4 heteroatoms. The number of carboxylic acid groups (broad SMARTS) is 1. The van der Waals surface area contributed by atoms with Crippen molar-refractivity contribution in [3.8, 4) is 0 Å². The van der Waals surface area contributed by atoms with Gasteiger partial charge in [0.15, 0.2) is 0 Å². The van der Waals surface area contributed by atoms with Crippen molar-refractivity contribution in [1.29, 1.82) is 0 Å². The Morgan fingerprint density at radius 1 is 1.64 bits per heavy atom. The predicted molar refractivity (Wildman–Crippen MR) is 37.3 cm³/mol. The third-order valence-electron chi connectivity index (χ3n) is 1.57. The molecule has 0 aliphatic carbocycles. The number of hydrogen-bond donors (Lipinski definition) is 1. The lowest BCUT2D eigenvalue weighted by Crippen LogP contribution is -2.01. The predicted octanol–water partition coefficient (Wildman–Crippen LogP) is 0.919. The molecule has 1 rings (SSSR count). The van der Waals surface area contributed by atoms with E-state index in [0.29, 0.717) is 11.5 Å². The molecular formula is C7H9NO3. The normalized spacial score (nSPS) is 10.0. The quantitative estimate of drug-likeness (QED) is 0.689. The average molecular weight is 155 g/mol. The van der Waals surface area contributed by atoms with Crippen LogP contribution in [0.3, 0.4) is 0 Å². The van der Waals surface area contributed by atoms with Gasteiger partial charge in [-0.3, -0.25) is 4.79 Å². The lowest BCUT2D eigenvalue weighted by atomic mass is 10.2. The molecule has 0 unspecified atom stereocenters. The molecule has 0 saturated carbocycles. The second-order valence-electron chi connectivity index (χ2n) is 2.38. The van der Waals surface area contributed by atoms with Gasteiger partial charge in [0.05, 0.1) is 12.1 Å². The Kier molecular flexibility index (Phi) is 1.94. The standard InChI is InChI=1S/C7H9NO3/c1-4-5(2)11-8-6(4)3-7(9)10/h3H2,1-2H3,(H,9,10). The molecule has 0 amide bonds. The fourth-order valence-electron chi connectivity index (χ4n) is 0.772. The average Bonchev–Trinajstić information content (AvgIpc) is 2.18. The Balaban J connectivity index is 2.87. The highest BCUT2D eigenvalue weighted by molar-refractivity contribution is 5.69. The molecule has 0 fully saturated rings. The van der Waals surface area contributed by atoms with E-state index in [4.69, 9.17) is 9.63 Å². The van der Waals surface area contributed by atoms with Crippen LogP contribution in [0.5, 0.6) is 0 Å². The van der Waals surface area contributed by atoms with Gasteiger partial charge >= 0.3 is 5.97 Å². The maximum atomic E-state index is 10.2. The van der Waals surface area contributed by atoms with Gasteiger partial charge in [0.25, 0.3) is 0 Å². The molecule has 0 aromatic carbocycles. The maximum absolute atomic E-state index is 10.2. The van der Waals surface area contributed by atoms with Crippen LogP contribution in [-0.4, -0.2) is 16.2 Å². The smallest absolute Gasteiger partial charge is 0.309 e. The van der Waals surface area contributed by atoms with Gasteiger partial charge in [0, 0.05) is 5.56 Å². The number of carboxylic acids is 1. The van der Waals surface area contributed by atoms with Gasteiger partial charge in [-0.2, -0.15) is 0 Å². The molecule has 0 aliphatic rings. The van der Waals surface area contributed by atoms with E-state index < -0.39 is 5.97 Å². The van der Waals surface area contributed by atoms with Crippen molar-refractivity contribution in [2.45, 2.75) is 20.3 Å². The van der Waals surface area contributed by atoms with Gasteiger partial charge < -0.3 is 9.63 Å². The zero-order valence-corrected chi connectivity index (χ0v) is 6.42. The monoisotopic (exact) mass is 155 g/mol. The van der Waals surface area contributed by atoms with E-state index in [0.717, 1.165) is 5.56 Å². The molecule has 1 N–H and O–H groups in total. The number of hydrogen-bond acceptors (Lipinski definition) is 3. The van der Waals surface area contributed by atoms with Crippen LogP contribution >= 0.6 is 0 Å². The molecule has 0 radical (unpaired) electrons. The second kappa shape index (κ2) is 2.74. The van der Waals surface area contributed by atoms with Crippen molar-refractivity contribution < 1.29 is 14.4 Å². The number of aromatic nitrogens is 1. The lowest BCUT2D eigenvalue weighted by molar-refractivity contribution is -0.136. The molecule has 11 heavy (non-hydrogen) atoms. The minimum Gasteiger partial charge on any atom is -0.481 e. The van der Waals surface area contributed by atoms with E-state index in [1.54, 1.807) is 13.8 Å². The maximum Gasteiger partial charge on any atom is 0.309 e. The first-order valence-electron chi connectivity index (χ1n) is 3.25. The van der Waals surface area contributed by atoms with Gasteiger partial charge in [-0.1, -0.05) is 5.16 Å². The van der Waals surface area contributed by atoms with E-state index in [-0.39, 0.29) is 6.42 Å². The van der Waals surface area contributed by atoms with Crippen LogP contribution in [0.4, 0.5) is 0 Å². The number of carbonyl (C=O) groups is 1.